The SMILES string of the molecule is Cc1nn(C)cc1-c1nc2ncc(Cl)c(Oc3ccc(CN4CCC(CC5CCN(CC6CCN(c7ccc([C@H]8CCC(=O)NC8=O)cc7)CC6)CC5)CC4)cc3)c2[nH]1. The van der Waals surface area contributed by atoms with Crippen molar-refractivity contribution in [2.45, 2.75) is 77.2 Å². The number of carbonyl (C=O) groups is 2. The van der Waals surface area contributed by atoms with Crippen LogP contribution in [0, 0.1) is 24.7 Å². The summed E-state index contributed by atoms with van der Waals surface area (Å²) in [6, 6.07) is 16.8. The van der Waals surface area contributed by atoms with E-state index >= 15 is 0 Å². The second-order valence-electron chi connectivity index (χ2n) is 17.5. The van der Waals surface area contributed by atoms with E-state index < -0.39 is 0 Å². The molecule has 0 spiro atoms. The molecule has 9 rings (SSSR count). The second kappa shape index (κ2) is 17.4. The molecule has 7 heterocycles. The van der Waals surface area contributed by atoms with Crippen molar-refractivity contribution in [3.05, 3.63) is 82.8 Å². The number of imidazole rings is 1. The molecular weight excluding hydrogens is 762 g/mol. The highest BCUT2D eigenvalue weighted by molar-refractivity contribution is 6.32. The van der Waals surface area contributed by atoms with Gasteiger partial charge in [-0.05, 0) is 138 Å². The molecule has 0 bridgehead atoms. The van der Waals surface area contributed by atoms with Crippen molar-refractivity contribution in [1.82, 2.24) is 39.8 Å². The third kappa shape index (κ3) is 9.20. The molecular formula is C46H56ClN9O3. The highest BCUT2D eigenvalue weighted by Gasteiger charge is 2.30. The van der Waals surface area contributed by atoms with Gasteiger partial charge in [0.1, 0.15) is 22.1 Å². The summed E-state index contributed by atoms with van der Waals surface area (Å²) in [4.78, 5) is 44.2. The van der Waals surface area contributed by atoms with Crippen LogP contribution in [0.4, 0.5) is 5.69 Å². The third-order valence-electron chi connectivity index (χ3n) is 13.4. The molecule has 4 aliphatic heterocycles. The monoisotopic (exact) mass is 817 g/mol. The molecule has 59 heavy (non-hydrogen) atoms. The Hall–Kier alpha value is -4.78. The summed E-state index contributed by atoms with van der Waals surface area (Å²) in [6.07, 6.45) is 13.7. The Bertz CT molecular complexity index is 2250. The number of piperidine rings is 4. The lowest BCUT2D eigenvalue weighted by Gasteiger charge is -2.39. The Balaban J connectivity index is 0.679. The largest absolute Gasteiger partial charge is 0.453 e. The van der Waals surface area contributed by atoms with Crippen molar-refractivity contribution in [2.75, 3.05) is 50.7 Å². The number of ether oxygens (including phenoxy) is 1. The average molecular weight is 818 g/mol. The standard InChI is InChI=1S/C46H56ClN9O3/c1-30-39(29-53(2)52-30)44-50-42-43(40(47)26-48-45(42)51-44)59-37-9-3-33(4-10-37)27-54-19-13-31(14-20-54)25-32-15-21-55(22-16-32)28-34-17-23-56(24-18-34)36-7-5-35(6-8-36)38-11-12-41(57)49-46(38)58/h3-10,26,29,31-32,34,38H,11-25,27-28H2,1-2H3,(H,48,50,51)(H,49,57,58)/t38-/m1/s1. The van der Waals surface area contributed by atoms with E-state index in [9.17, 15) is 9.59 Å². The molecule has 0 saturated carbocycles. The number of anilines is 1. The van der Waals surface area contributed by atoms with Crippen LogP contribution in [0.3, 0.4) is 0 Å². The fourth-order valence-electron chi connectivity index (χ4n) is 9.93. The summed E-state index contributed by atoms with van der Waals surface area (Å²) in [7, 11) is 1.89. The summed E-state index contributed by atoms with van der Waals surface area (Å²) < 4.78 is 8.10. The zero-order valence-electron chi connectivity index (χ0n) is 34.3. The lowest BCUT2D eigenvalue weighted by molar-refractivity contribution is -0.134. The molecule has 2 amide bonds. The minimum Gasteiger partial charge on any atom is -0.453 e. The van der Waals surface area contributed by atoms with Crippen molar-refractivity contribution in [1.29, 1.82) is 0 Å². The quantitative estimate of drug-likeness (QED) is 0.128. The number of aryl methyl sites for hydroxylation is 2. The van der Waals surface area contributed by atoms with Crippen LogP contribution in [-0.2, 0) is 23.2 Å². The van der Waals surface area contributed by atoms with Gasteiger partial charge in [0.05, 0.1) is 23.4 Å². The van der Waals surface area contributed by atoms with Gasteiger partial charge in [0, 0.05) is 51.5 Å². The molecule has 4 fully saturated rings. The number of benzene rings is 2. The lowest BCUT2D eigenvalue weighted by Crippen LogP contribution is -2.42. The molecule has 2 N–H and O–H groups in total. The fourth-order valence-corrected chi connectivity index (χ4v) is 10.1. The van der Waals surface area contributed by atoms with Crippen LogP contribution in [-0.4, -0.2) is 92.2 Å². The number of aromatic amines is 1. The van der Waals surface area contributed by atoms with Crippen molar-refractivity contribution in [2.24, 2.45) is 24.8 Å². The topological polar surface area (TPSA) is 125 Å². The maximum absolute atomic E-state index is 12.3. The third-order valence-corrected chi connectivity index (χ3v) is 13.6. The number of aromatic nitrogens is 5. The Morgan fingerprint density at radius 2 is 1.51 bits per heavy atom. The van der Waals surface area contributed by atoms with Gasteiger partial charge in [-0.25, -0.2) is 9.97 Å². The summed E-state index contributed by atoms with van der Waals surface area (Å²) in [5.74, 6) is 3.85. The van der Waals surface area contributed by atoms with Gasteiger partial charge >= 0.3 is 0 Å². The van der Waals surface area contributed by atoms with E-state index in [1.54, 1.807) is 10.9 Å². The van der Waals surface area contributed by atoms with Gasteiger partial charge in [-0.15, -0.1) is 0 Å². The number of hydrogen-bond acceptors (Lipinski definition) is 9. The molecule has 1 atom stereocenters. The van der Waals surface area contributed by atoms with E-state index in [2.05, 4.69) is 76.5 Å². The first-order valence-corrected chi connectivity index (χ1v) is 22.0. The van der Waals surface area contributed by atoms with E-state index in [1.807, 2.05) is 32.3 Å². The number of hydrogen-bond donors (Lipinski definition) is 2. The van der Waals surface area contributed by atoms with E-state index in [4.69, 9.17) is 16.3 Å². The molecule has 4 aliphatic rings. The first kappa shape index (κ1) is 39.7. The van der Waals surface area contributed by atoms with Gasteiger partial charge in [-0.3, -0.25) is 24.5 Å². The summed E-state index contributed by atoms with van der Waals surface area (Å²) in [5, 5.41) is 7.35. The Labute approximate surface area is 351 Å². The molecule has 0 aliphatic carbocycles. The zero-order chi connectivity index (χ0) is 40.5. The highest BCUT2D eigenvalue weighted by Crippen LogP contribution is 2.37. The number of nitrogens with one attached hydrogen (secondary N) is 2. The fraction of sp³-hybridized carbons (Fsp3) is 0.500. The van der Waals surface area contributed by atoms with Gasteiger partial charge in [0.15, 0.2) is 11.4 Å². The van der Waals surface area contributed by atoms with Crippen LogP contribution >= 0.6 is 11.6 Å². The van der Waals surface area contributed by atoms with Crippen LogP contribution in [0.5, 0.6) is 11.5 Å². The number of fused-ring (bicyclic) bond motifs is 1. The number of imide groups is 1. The van der Waals surface area contributed by atoms with Gasteiger partial charge in [-0.1, -0.05) is 35.9 Å². The number of pyridine rings is 1. The van der Waals surface area contributed by atoms with Crippen LogP contribution in [0.2, 0.25) is 5.02 Å². The summed E-state index contributed by atoms with van der Waals surface area (Å²) >= 11 is 6.59. The predicted molar refractivity (Wildman–Crippen MR) is 231 cm³/mol. The second-order valence-corrected chi connectivity index (χ2v) is 17.9. The number of halogens is 1. The molecule has 12 nitrogen and oxygen atoms in total. The van der Waals surface area contributed by atoms with Crippen LogP contribution in [0.25, 0.3) is 22.6 Å². The molecule has 4 saturated heterocycles. The summed E-state index contributed by atoms with van der Waals surface area (Å²) in [5.41, 5.74) is 6.54. The van der Waals surface area contributed by atoms with Gasteiger partial charge in [0.2, 0.25) is 11.8 Å². The van der Waals surface area contributed by atoms with E-state index in [-0.39, 0.29) is 17.7 Å². The maximum Gasteiger partial charge on any atom is 0.234 e. The summed E-state index contributed by atoms with van der Waals surface area (Å²) in [6.45, 7) is 11.1. The van der Waals surface area contributed by atoms with Crippen LogP contribution in [0.15, 0.2) is 60.9 Å². The van der Waals surface area contributed by atoms with Crippen molar-refractivity contribution >= 4 is 40.3 Å². The molecule has 2 aromatic carbocycles. The van der Waals surface area contributed by atoms with Crippen LogP contribution in [0.1, 0.15) is 80.5 Å². The number of H-pyrrole nitrogens is 1. The van der Waals surface area contributed by atoms with Gasteiger partial charge in [0.25, 0.3) is 0 Å². The Morgan fingerprint density at radius 3 is 2.17 bits per heavy atom. The maximum atomic E-state index is 12.3. The van der Waals surface area contributed by atoms with Crippen molar-refractivity contribution < 1.29 is 14.3 Å². The lowest BCUT2D eigenvalue weighted by atomic mass is 9.82. The van der Waals surface area contributed by atoms with E-state index in [0.717, 1.165) is 73.0 Å². The number of amides is 2. The highest BCUT2D eigenvalue weighted by atomic mass is 35.5. The average Bonchev–Trinajstić information content (AvgIpc) is 3.83. The first-order valence-electron chi connectivity index (χ1n) is 21.7. The van der Waals surface area contributed by atoms with E-state index in [0.29, 0.717) is 40.6 Å². The minimum absolute atomic E-state index is 0.162. The zero-order valence-corrected chi connectivity index (χ0v) is 35.1. The first-order chi connectivity index (χ1) is 28.7. The smallest absolute Gasteiger partial charge is 0.234 e. The number of carbonyl (C=O) groups excluding carboxylic acids is 2. The molecule has 3 aromatic heterocycles. The van der Waals surface area contributed by atoms with Crippen molar-refractivity contribution in [3.8, 4) is 22.9 Å². The number of likely N-dealkylation sites (tertiary alicyclic amines) is 2. The minimum atomic E-state index is -0.219. The van der Waals surface area contributed by atoms with Crippen LogP contribution < -0.4 is 15.0 Å². The normalized spacial score (nSPS) is 20.7. The Kier molecular flexibility index (Phi) is 11.7. The molecule has 13 heteroatoms. The predicted octanol–water partition coefficient (Wildman–Crippen LogP) is 7.86. The molecule has 0 unspecified atom stereocenters. The van der Waals surface area contributed by atoms with E-state index in [1.165, 1.54) is 75.8 Å². The van der Waals surface area contributed by atoms with Gasteiger partial charge in [-0.2, -0.15) is 5.10 Å². The molecule has 310 valence electrons. The van der Waals surface area contributed by atoms with Gasteiger partial charge < -0.3 is 19.5 Å². The number of rotatable bonds is 11. The number of nitrogens with zero attached hydrogens (tertiary/aromatic N) is 7. The molecule has 5 aromatic rings. The Morgan fingerprint density at radius 1 is 0.831 bits per heavy atom. The molecule has 0 radical (unpaired) electrons. The van der Waals surface area contributed by atoms with Crippen molar-refractivity contribution in [3.63, 3.8) is 0 Å².